The van der Waals surface area contributed by atoms with Crippen molar-refractivity contribution in [3.05, 3.63) is 30.3 Å². The molecule has 5 heteroatoms. The summed E-state index contributed by atoms with van der Waals surface area (Å²) in [5.74, 6) is -0.304. The van der Waals surface area contributed by atoms with Gasteiger partial charge in [-0.25, -0.2) is 4.79 Å². The van der Waals surface area contributed by atoms with Crippen molar-refractivity contribution in [3.63, 3.8) is 0 Å². The highest BCUT2D eigenvalue weighted by atomic mass is 16.7. The van der Waals surface area contributed by atoms with E-state index < -0.39 is 12.1 Å². The van der Waals surface area contributed by atoms with E-state index in [4.69, 9.17) is 4.84 Å². The molecular weight excluding hydrogens is 232 g/mol. The molecule has 1 aliphatic heterocycles. The number of anilines is 1. The van der Waals surface area contributed by atoms with E-state index in [1.54, 1.807) is 12.1 Å². The molecule has 2 rings (SSSR count). The molecule has 1 aromatic carbocycles. The topological polar surface area (TPSA) is 49.9 Å². The molecule has 3 amide bonds. The van der Waals surface area contributed by atoms with Crippen LogP contribution in [-0.4, -0.2) is 30.0 Å². The first kappa shape index (κ1) is 12.6. The van der Waals surface area contributed by atoms with Crippen LogP contribution in [-0.2, 0) is 9.63 Å². The number of carbonyl (C=O) groups excluding carboxylic acids is 2. The highest BCUT2D eigenvalue weighted by Gasteiger charge is 2.40. The van der Waals surface area contributed by atoms with Crippen molar-refractivity contribution in [2.75, 3.05) is 12.1 Å². The second kappa shape index (κ2) is 4.78. The summed E-state index contributed by atoms with van der Waals surface area (Å²) < 4.78 is 0. The van der Waals surface area contributed by atoms with Gasteiger partial charge in [-0.2, -0.15) is 5.06 Å². The third kappa shape index (κ3) is 2.09. The third-order valence-electron chi connectivity index (χ3n) is 2.85. The predicted octanol–water partition coefficient (Wildman–Crippen LogP) is 2.04. The first-order valence-electron chi connectivity index (χ1n) is 5.86. The fourth-order valence-electron chi connectivity index (χ4n) is 1.77. The fourth-order valence-corrected chi connectivity index (χ4v) is 1.77. The zero-order valence-corrected chi connectivity index (χ0v) is 10.7. The highest BCUT2D eigenvalue weighted by Crippen LogP contribution is 2.24. The van der Waals surface area contributed by atoms with Gasteiger partial charge >= 0.3 is 6.03 Å². The van der Waals surface area contributed by atoms with Gasteiger partial charge in [0.2, 0.25) is 0 Å². The number of nitrogens with zero attached hydrogens (tertiary/aromatic N) is 2. The predicted molar refractivity (Wildman–Crippen MR) is 66.8 cm³/mol. The van der Waals surface area contributed by atoms with E-state index in [9.17, 15) is 9.59 Å². The molecule has 0 saturated carbocycles. The van der Waals surface area contributed by atoms with Crippen LogP contribution in [0.3, 0.4) is 0 Å². The average Bonchev–Trinajstić information content (AvgIpc) is 2.37. The van der Waals surface area contributed by atoms with Crippen LogP contribution in [0.2, 0.25) is 0 Å². The standard InChI is InChI=1S/C13H16N2O3/c1-9(2)11-12(16)14(3)13(17)15(18-11)10-7-5-4-6-8-10/h4-9,11H,1-3H3. The maximum Gasteiger partial charge on any atom is 0.355 e. The fraction of sp³-hybridized carbons (Fsp3) is 0.385. The van der Waals surface area contributed by atoms with Gasteiger partial charge in [-0.3, -0.25) is 14.5 Å². The van der Waals surface area contributed by atoms with Gasteiger partial charge in [0.05, 0.1) is 5.69 Å². The van der Waals surface area contributed by atoms with Crippen LogP contribution in [0, 0.1) is 5.92 Å². The Morgan fingerprint density at radius 3 is 2.33 bits per heavy atom. The third-order valence-corrected chi connectivity index (χ3v) is 2.85. The molecule has 96 valence electrons. The van der Waals surface area contributed by atoms with Crippen molar-refractivity contribution in [2.24, 2.45) is 5.92 Å². The summed E-state index contributed by atoms with van der Waals surface area (Å²) in [6, 6.07) is 8.53. The molecule has 1 aromatic rings. The Labute approximate surface area is 106 Å². The van der Waals surface area contributed by atoms with Gasteiger partial charge in [-0.05, 0) is 18.1 Å². The molecule has 1 heterocycles. The molecule has 18 heavy (non-hydrogen) atoms. The highest BCUT2D eigenvalue weighted by molar-refractivity contribution is 6.04. The maximum atomic E-state index is 12.0. The summed E-state index contributed by atoms with van der Waals surface area (Å²) >= 11 is 0. The lowest BCUT2D eigenvalue weighted by molar-refractivity contribution is -0.148. The molecule has 1 atom stereocenters. The SMILES string of the molecule is CC(C)C1ON(c2ccccc2)C(=O)N(C)C1=O. The van der Waals surface area contributed by atoms with E-state index in [1.807, 2.05) is 32.0 Å². The monoisotopic (exact) mass is 248 g/mol. The number of urea groups is 1. The van der Waals surface area contributed by atoms with Crippen LogP contribution in [0.4, 0.5) is 10.5 Å². The molecular formula is C13H16N2O3. The average molecular weight is 248 g/mol. The number of hydroxylamine groups is 1. The Bertz CT molecular complexity index is 459. The zero-order valence-electron chi connectivity index (χ0n) is 10.7. The number of para-hydroxylation sites is 1. The van der Waals surface area contributed by atoms with E-state index in [0.29, 0.717) is 5.69 Å². The zero-order chi connectivity index (χ0) is 13.3. The van der Waals surface area contributed by atoms with E-state index >= 15 is 0 Å². The summed E-state index contributed by atoms with van der Waals surface area (Å²) in [5.41, 5.74) is 0.618. The van der Waals surface area contributed by atoms with Gasteiger partial charge in [0, 0.05) is 7.05 Å². The minimum Gasteiger partial charge on any atom is -0.271 e. The second-order valence-electron chi connectivity index (χ2n) is 4.58. The molecule has 1 unspecified atom stereocenters. The minimum absolute atomic E-state index is 0.000683. The molecule has 0 aromatic heterocycles. The molecule has 1 saturated heterocycles. The summed E-state index contributed by atoms with van der Waals surface area (Å²) in [5, 5.41) is 1.17. The van der Waals surface area contributed by atoms with Crippen LogP contribution in [0.15, 0.2) is 30.3 Å². The van der Waals surface area contributed by atoms with Crippen molar-refractivity contribution in [1.29, 1.82) is 0 Å². The molecule has 5 nitrogen and oxygen atoms in total. The number of hydrogen-bond acceptors (Lipinski definition) is 3. The molecule has 1 fully saturated rings. The lowest BCUT2D eigenvalue weighted by Gasteiger charge is -2.37. The second-order valence-corrected chi connectivity index (χ2v) is 4.58. The van der Waals surface area contributed by atoms with Crippen molar-refractivity contribution < 1.29 is 14.4 Å². The Balaban J connectivity index is 2.31. The Kier molecular flexibility index (Phi) is 3.34. The number of amides is 3. The Morgan fingerprint density at radius 1 is 1.17 bits per heavy atom. The van der Waals surface area contributed by atoms with Crippen LogP contribution in [0.25, 0.3) is 0 Å². The lowest BCUT2D eigenvalue weighted by atomic mass is 10.1. The Hall–Kier alpha value is -1.88. The number of hydrogen-bond donors (Lipinski definition) is 0. The van der Waals surface area contributed by atoms with Gasteiger partial charge in [0.25, 0.3) is 5.91 Å². The number of rotatable bonds is 2. The summed E-state index contributed by atoms with van der Waals surface area (Å²) in [4.78, 5) is 30.5. The molecule has 0 aliphatic carbocycles. The van der Waals surface area contributed by atoms with Gasteiger partial charge in [0.1, 0.15) is 0 Å². The van der Waals surface area contributed by atoms with Crippen LogP contribution in [0.1, 0.15) is 13.8 Å². The summed E-state index contributed by atoms with van der Waals surface area (Å²) in [6.07, 6.45) is -0.632. The number of likely N-dealkylation sites (N-methyl/N-ethyl adjacent to an activating group) is 1. The van der Waals surface area contributed by atoms with Crippen molar-refractivity contribution in [1.82, 2.24) is 4.90 Å². The van der Waals surface area contributed by atoms with Crippen LogP contribution in [0.5, 0.6) is 0 Å². The summed E-state index contributed by atoms with van der Waals surface area (Å²) in [6.45, 7) is 3.77. The van der Waals surface area contributed by atoms with Crippen LogP contribution < -0.4 is 5.06 Å². The van der Waals surface area contributed by atoms with E-state index in [0.717, 1.165) is 4.90 Å². The molecule has 0 N–H and O–H groups in total. The van der Waals surface area contributed by atoms with Crippen molar-refractivity contribution in [3.8, 4) is 0 Å². The molecule has 0 radical (unpaired) electrons. The van der Waals surface area contributed by atoms with E-state index in [-0.39, 0.29) is 11.8 Å². The smallest absolute Gasteiger partial charge is 0.271 e. The number of imide groups is 1. The van der Waals surface area contributed by atoms with Gasteiger partial charge in [-0.1, -0.05) is 32.0 Å². The minimum atomic E-state index is -0.632. The first-order chi connectivity index (χ1) is 8.52. The lowest BCUT2D eigenvalue weighted by Crippen LogP contribution is -2.57. The van der Waals surface area contributed by atoms with Crippen LogP contribution >= 0.6 is 0 Å². The first-order valence-corrected chi connectivity index (χ1v) is 5.86. The van der Waals surface area contributed by atoms with Crippen molar-refractivity contribution >= 4 is 17.6 Å². The van der Waals surface area contributed by atoms with E-state index in [2.05, 4.69) is 0 Å². The van der Waals surface area contributed by atoms with Gasteiger partial charge in [0.15, 0.2) is 6.10 Å². The molecule has 0 spiro atoms. The quantitative estimate of drug-likeness (QED) is 0.804. The van der Waals surface area contributed by atoms with E-state index in [1.165, 1.54) is 12.1 Å². The normalized spacial score (nSPS) is 20.8. The maximum absolute atomic E-state index is 12.0. The van der Waals surface area contributed by atoms with Crippen molar-refractivity contribution in [2.45, 2.75) is 20.0 Å². The number of carbonyl (C=O) groups is 2. The molecule has 1 aliphatic rings. The largest absolute Gasteiger partial charge is 0.355 e. The Morgan fingerprint density at radius 2 is 1.78 bits per heavy atom. The van der Waals surface area contributed by atoms with Gasteiger partial charge in [-0.15, -0.1) is 0 Å². The van der Waals surface area contributed by atoms with Gasteiger partial charge < -0.3 is 0 Å². The molecule has 0 bridgehead atoms. The summed E-state index contributed by atoms with van der Waals surface area (Å²) in [7, 11) is 1.47. The number of benzene rings is 1.